The smallest absolute Gasteiger partial charge is 0.265 e. The number of carbonyl (C=O) groups excluding carboxylic acids is 1. The second-order valence-corrected chi connectivity index (χ2v) is 5.56. The van der Waals surface area contributed by atoms with E-state index in [1.165, 1.54) is 0 Å². The molecule has 0 saturated carbocycles. The lowest BCUT2D eigenvalue weighted by molar-refractivity contribution is -0.122. The normalized spacial score (nSPS) is 12.1. The number of hydrogen-bond acceptors (Lipinski definition) is 4. The van der Waals surface area contributed by atoms with Crippen LogP contribution in [-0.4, -0.2) is 17.0 Å². The number of aryl methyl sites for hydroxylation is 1. The molecule has 0 spiro atoms. The van der Waals surface area contributed by atoms with Crippen LogP contribution in [0.3, 0.4) is 0 Å². The van der Waals surface area contributed by atoms with Gasteiger partial charge in [-0.05, 0) is 49.4 Å². The molecule has 1 aromatic heterocycles. The van der Waals surface area contributed by atoms with Gasteiger partial charge in [0.05, 0.1) is 0 Å². The summed E-state index contributed by atoms with van der Waals surface area (Å²) in [6, 6.07) is 12.2. The topological polar surface area (TPSA) is 64.4 Å². The molecule has 0 aliphatic heterocycles. The van der Waals surface area contributed by atoms with E-state index in [1.807, 2.05) is 0 Å². The third kappa shape index (κ3) is 3.63. The van der Waals surface area contributed by atoms with Gasteiger partial charge in [-0.25, -0.2) is 4.98 Å². The fourth-order valence-corrected chi connectivity index (χ4v) is 2.26. The number of fused-ring (bicyclic) bond motifs is 1. The lowest BCUT2D eigenvalue weighted by Gasteiger charge is -2.14. The zero-order valence-electron chi connectivity index (χ0n) is 12.7. The van der Waals surface area contributed by atoms with E-state index in [0.29, 0.717) is 33.4 Å². The summed E-state index contributed by atoms with van der Waals surface area (Å²) in [7, 11) is 0. The molecule has 2 aromatic carbocycles. The van der Waals surface area contributed by atoms with Gasteiger partial charge in [-0.1, -0.05) is 11.6 Å². The molecule has 3 aromatic rings. The molecule has 118 valence electrons. The largest absolute Gasteiger partial charge is 0.481 e. The van der Waals surface area contributed by atoms with Gasteiger partial charge in [0, 0.05) is 17.6 Å². The third-order valence-electron chi connectivity index (χ3n) is 3.26. The van der Waals surface area contributed by atoms with E-state index >= 15 is 0 Å². The molecule has 1 N–H and O–H groups in total. The molecular weight excluding hydrogens is 316 g/mol. The van der Waals surface area contributed by atoms with Crippen LogP contribution in [0.25, 0.3) is 11.1 Å². The SMILES string of the molecule is Cc1nc2cc(NC(=O)C(C)Oc3ccc(Cl)cc3)ccc2o1. The minimum absolute atomic E-state index is 0.250. The molecule has 0 aliphatic rings. The molecule has 5 nitrogen and oxygen atoms in total. The Morgan fingerprint density at radius 3 is 2.74 bits per heavy atom. The summed E-state index contributed by atoms with van der Waals surface area (Å²) >= 11 is 5.82. The Morgan fingerprint density at radius 1 is 1.26 bits per heavy atom. The number of aromatic nitrogens is 1. The van der Waals surface area contributed by atoms with Crippen molar-refractivity contribution in [2.75, 3.05) is 5.32 Å². The Kier molecular flexibility index (Phi) is 4.21. The Morgan fingerprint density at radius 2 is 2.00 bits per heavy atom. The van der Waals surface area contributed by atoms with E-state index in [0.717, 1.165) is 0 Å². The number of carbonyl (C=O) groups is 1. The van der Waals surface area contributed by atoms with Crippen molar-refractivity contribution >= 4 is 34.3 Å². The Labute approximate surface area is 138 Å². The van der Waals surface area contributed by atoms with Gasteiger partial charge in [0.2, 0.25) is 0 Å². The zero-order valence-corrected chi connectivity index (χ0v) is 13.4. The maximum atomic E-state index is 12.2. The highest BCUT2D eigenvalue weighted by Gasteiger charge is 2.15. The second kappa shape index (κ2) is 6.30. The lowest BCUT2D eigenvalue weighted by Crippen LogP contribution is -2.30. The highest BCUT2D eigenvalue weighted by molar-refractivity contribution is 6.30. The fourth-order valence-electron chi connectivity index (χ4n) is 2.14. The number of ether oxygens (including phenoxy) is 1. The van der Waals surface area contributed by atoms with Gasteiger partial charge >= 0.3 is 0 Å². The molecule has 3 rings (SSSR count). The standard InChI is InChI=1S/C17H15ClN2O3/c1-10(22-14-6-3-12(18)4-7-14)17(21)20-13-5-8-16-15(9-13)19-11(2)23-16/h3-10H,1-2H3,(H,20,21). The number of hydrogen-bond donors (Lipinski definition) is 1. The number of oxazole rings is 1. The number of nitrogens with one attached hydrogen (secondary N) is 1. The molecule has 0 fully saturated rings. The minimum atomic E-state index is -0.647. The van der Waals surface area contributed by atoms with E-state index < -0.39 is 6.10 Å². The molecule has 1 unspecified atom stereocenters. The Bertz CT molecular complexity index is 843. The number of amides is 1. The first-order chi connectivity index (χ1) is 11.0. The van der Waals surface area contributed by atoms with Crippen molar-refractivity contribution < 1.29 is 13.9 Å². The molecule has 1 atom stereocenters. The number of rotatable bonds is 4. The molecule has 0 saturated heterocycles. The molecular formula is C17H15ClN2O3. The first kappa shape index (κ1) is 15.4. The van der Waals surface area contributed by atoms with Gasteiger partial charge in [-0.15, -0.1) is 0 Å². The summed E-state index contributed by atoms with van der Waals surface area (Å²) in [5.41, 5.74) is 2.03. The summed E-state index contributed by atoms with van der Waals surface area (Å²) in [6.07, 6.45) is -0.647. The summed E-state index contributed by atoms with van der Waals surface area (Å²) in [5, 5.41) is 3.42. The van der Waals surface area contributed by atoms with E-state index in [2.05, 4.69) is 10.3 Å². The van der Waals surface area contributed by atoms with E-state index in [4.69, 9.17) is 20.8 Å². The zero-order chi connectivity index (χ0) is 16.4. The van der Waals surface area contributed by atoms with Crippen molar-refractivity contribution in [3.05, 3.63) is 53.4 Å². The molecule has 1 amide bonds. The predicted octanol–water partition coefficient (Wildman–Crippen LogP) is 4.20. The lowest BCUT2D eigenvalue weighted by atomic mass is 10.2. The van der Waals surface area contributed by atoms with Crippen LogP contribution >= 0.6 is 11.6 Å². The summed E-state index contributed by atoms with van der Waals surface area (Å²) in [4.78, 5) is 16.5. The quantitative estimate of drug-likeness (QED) is 0.778. The van der Waals surface area contributed by atoms with Gasteiger partial charge in [0.15, 0.2) is 17.6 Å². The average Bonchev–Trinajstić information content (AvgIpc) is 2.88. The number of halogens is 1. The van der Waals surface area contributed by atoms with Gasteiger partial charge < -0.3 is 14.5 Å². The first-order valence-electron chi connectivity index (χ1n) is 7.11. The van der Waals surface area contributed by atoms with Crippen molar-refractivity contribution in [1.82, 2.24) is 4.98 Å². The summed E-state index contributed by atoms with van der Waals surface area (Å²) in [6.45, 7) is 3.46. The van der Waals surface area contributed by atoms with Crippen LogP contribution in [0.5, 0.6) is 5.75 Å². The molecule has 6 heteroatoms. The van der Waals surface area contributed by atoms with Crippen LogP contribution in [0.4, 0.5) is 5.69 Å². The molecule has 0 aliphatic carbocycles. The van der Waals surface area contributed by atoms with E-state index in [1.54, 1.807) is 56.3 Å². The fraction of sp³-hybridized carbons (Fsp3) is 0.176. The van der Waals surface area contributed by atoms with Crippen LogP contribution in [0.15, 0.2) is 46.9 Å². The van der Waals surface area contributed by atoms with Crippen LogP contribution < -0.4 is 10.1 Å². The van der Waals surface area contributed by atoms with Gasteiger partial charge in [-0.2, -0.15) is 0 Å². The maximum Gasteiger partial charge on any atom is 0.265 e. The average molecular weight is 331 g/mol. The summed E-state index contributed by atoms with van der Waals surface area (Å²) < 4.78 is 11.0. The molecule has 23 heavy (non-hydrogen) atoms. The minimum Gasteiger partial charge on any atom is -0.481 e. The van der Waals surface area contributed by atoms with E-state index in [9.17, 15) is 4.79 Å². The Balaban J connectivity index is 1.67. The number of benzene rings is 2. The van der Waals surface area contributed by atoms with Crippen LogP contribution in [0, 0.1) is 6.92 Å². The van der Waals surface area contributed by atoms with Gasteiger partial charge in [0.1, 0.15) is 11.3 Å². The molecule has 0 bridgehead atoms. The van der Waals surface area contributed by atoms with Crippen LogP contribution in [0.2, 0.25) is 5.02 Å². The number of anilines is 1. The highest BCUT2D eigenvalue weighted by atomic mass is 35.5. The monoisotopic (exact) mass is 330 g/mol. The maximum absolute atomic E-state index is 12.2. The first-order valence-corrected chi connectivity index (χ1v) is 7.49. The predicted molar refractivity (Wildman–Crippen MR) is 88.9 cm³/mol. The van der Waals surface area contributed by atoms with Crippen molar-refractivity contribution in [3.8, 4) is 5.75 Å². The van der Waals surface area contributed by atoms with Crippen molar-refractivity contribution in [1.29, 1.82) is 0 Å². The summed E-state index contributed by atoms with van der Waals surface area (Å²) in [5.74, 6) is 0.919. The molecule has 0 radical (unpaired) electrons. The van der Waals surface area contributed by atoms with Crippen molar-refractivity contribution in [2.45, 2.75) is 20.0 Å². The third-order valence-corrected chi connectivity index (χ3v) is 3.51. The number of nitrogens with zero attached hydrogens (tertiary/aromatic N) is 1. The van der Waals surface area contributed by atoms with Crippen molar-refractivity contribution in [3.63, 3.8) is 0 Å². The van der Waals surface area contributed by atoms with Gasteiger partial charge in [0.25, 0.3) is 5.91 Å². The van der Waals surface area contributed by atoms with Gasteiger partial charge in [-0.3, -0.25) is 4.79 Å². The van der Waals surface area contributed by atoms with Crippen molar-refractivity contribution in [2.24, 2.45) is 0 Å². The molecule has 1 heterocycles. The second-order valence-electron chi connectivity index (χ2n) is 5.12. The van der Waals surface area contributed by atoms with Crippen LogP contribution in [0.1, 0.15) is 12.8 Å². The van der Waals surface area contributed by atoms with E-state index in [-0.39, 0.29) is 5.91 Å². The highest BCUT2D eigenvalue weighted by Crippen LogP contribution is 2.21. The van der Waals surface area contributed by atoms with Crippen LogP contribution in [-0.2, 0) is 4.79 Å². The Hall–Kier alpha value is -2.53.